The second-order valence-electron chi connectivity index (χ2n) is 7.00. The Morgan fingerprint density at radius 1 is 1.28 bits per heavy atom. The molecule has 1 saturated carbocycles. The summed E-state index contributed by atoms with van der Waals surface area (Å²) in [5.74, 6) is 0.121. The van der Waals surface area contributed by atoms with Crippen LogP contribution in [0.3, 0.4) is 0 Å². The molecule has 3 atom stereocenters. The molecule has 2 amide bonds. The minimum absolute atomic E-state index is 0.00179. The lowest BCUT2D eigenvalue weighted by Gasteiger charge is -2.32. The van der Waals surface area contributed by atoms with Crippen molar-refractivity contribution in [3.63, 3.8) is 0 Å². The molecular formula is C19H27N3O2S. The standard InChI is InChI=1S/C19H27N3O2S/c1-25-16-8-6-15(7-9-16)22-12-14(10-18(22)23)19(24)21-17-5-3-2-4-13(17)11-20/h6-9,13-14,17H,2-5,10-12,20H2,1H3,(H,21,24). The number of carbonyl (C=O) groups excluding carboxylic acids is 2. The van der Waals surface area contributed by atoms with Gasteiger partial charge in [-0.1, -0.05) is 12.8 Å². The van der Waals surface area contributed by atoms with Crippen LogP contribution in [0, 0.1) is 11.8 Å². The summed E-state index contributed by atoms with van der Waals surface area (Å²) < 4.78 is 0. The van der Waals surface area contributed by atoms with Crippen molar-refractivity contribution in [2.45, 2.75) is 43.0 Å². The van der Waals surface area contributed by atoms with Crippen LogP contribution < -0.4 is 16.0 Å². The quantitative estimate of drug-likeness (QED) is 0.790. The van der Waals surface area contributed by atoms with Gasteiger partial charge in [0.2, 0.25) is 11.8 Å². The van der Waals surface area contributed by atoms with Gasteiger partial charge < -0.3 is 16.0 Å². The highest BCUT2D eigenvalue weighted by Crippen LogP contribution is 2.28. The Hall–Kier alpha value is -1.53. The molecule has 6 heteroatoms. The zero-order valence-electron chi connectivity index (χ0n) is 14.7. The highest BCUT2D eigenvalue weighted by molar-refractivity contribution is 7.98. The molecule has 25 heavy (non-hydrogen) atoms. The molecule has 1 aliphatic carbocycles. The number of nitrogens with one attached hydrogen (secondary N) is 1. The number of nitrogens with zero attached hydrogens (tertiary/aromatic N) is 1. The summed E-state index contributed by atoms with van der Waals surface area (Å²) in [6, 6.07) is 8.09. The molecule has 0 aromatic heterocycles. The maximum absolute atomic E-state index is 12.7. The van der Waals surface area contributed by atoms with Crippen molar-refractivity contribution in [3.8, 4) is 0 Å². The summed E-state index contributed by atoms with van der Waals surface area (Å²) in [5, 5.41) is 3.17. The maximum atomic E-state index is 12.7. The van der Waals surface area contributed by atoms with E-state index in [9.17, 15) is 9.59 Å². The van der Waals surface area contributed by atoms with Crippen molar-refractivity contribution in [1.29, 1.82) is 0 Å². The van der Waals surface area contributed by atoms with Crippen molar-refractivity contribution >= 4 is 29.3 Å². The first-order valence-electron chi connectivity index (χ1n) is 9.07. The Morgan fingerprint density at radius 3 is 2.68 bits per heavy atom. The number of anilines is 1. The number of hydrogen-bond acceptors (Lipinski definition) is 4. The van der Waals surface area contributed by atoms with Gasteiger partial charge in [-0.2, -0.15) is 0 Å². The molecule has 2 fully saturated rings. The molecule has 136 valence electrons. The van der Waals surface area contributed by atoms with Gasteiger partial charge in [0.25, 0.3) is 0 Å². The molecule has 0 radical (unpaired) electrons. The predicted octanol–water partition coefficient (Wildman–Crippen LogP) is 2.40. The van der Waals surface area contributed by atoms with E-state index < -0.39 is 0 Å². The van der Waals surface area contributed by atoms with Crippen LogP contribution in [0.2, 0.25) is 0 Å². The molecular weight excluding hydrogens is 334 g/mol. The van der Waals surface area contributed by atoms with E-state index in [1.165, 1.54) is 6.42 Å². The number of carbonyl (C=O) groups is 2. The van der Waals surface area contributed by atoms with Crippen LogP contribution in [0.1, 0.15) is 32.1 Å². The van der Waals surface area contributed by atoms with Crippen molar-refractivity contribution < 1.29 is 9.59 Å². The van der Waals surface area contributed by atoms with Crippen molar-refractivity contribution in [2.75, 3.05) is 24.2 Å². The summed E-state index contributed by atoms with van der Waals surface area (Å²) >= 11 is 1.67. The topological polar surface area (TPSA) is 75.4 Å². The van der Waals surface area contributed by atoms with Crippen LogP contribution in [0.4, 0.5) is 5.69 Å². The largest absolute Gasteiger partial charge is 0.353 e. The highest BCUT2D eigenvalue weighted by atomic mass is 32.2. The first-order chi connectivity index (χ1) is 12.1. The zero-order chi connectivity index (χ0) is 17.8. The van der Waals surface area contributed by atoms with E-state index in [0.29, 0.717) is 19.0 Å². The minimum atomic E-state index is -0.270. The third kappa shape index (κ3) is 4.18. The number of rotatable bonds is 5. The van der Waals surface area contributed by atoms with E-state index in [2.05, 4.69) is 5.32 Å². The minimum Gasteiger partial charge on any atom is -0.353 e. The fourth-order valence-electron chi connectivity index (χ4n) is 3.88. The van der Waals surface area contributed by atoms with Crippen LogP contribution in [0.25, 0.3) is 0 Å². The molecule has 5 nitrogen and oxygen atoms in total. The van der Waals surface area contributed by atoms with E-state index >= 15 is 0 Å². The summed E-state index contributed by atoms with van der Waals surface area (Å²) in [6.07, 6.45) is 6.72. The summed E-state index contributed by atoms with van der Waals surface area (Å²) in [5.41, 5.74) is 6.72. The average Bonchev–Trinajstić information content (AvgIpc) is 3.04. The molecule has 1 aromatic carbocycles. The molecule has 3 N–H and O–H groups in total. The number of nitrogens with two attached hydrogens (primary N) is 1. The van der Waals surface area contributed by atoms with E-state index in [-0.39, 0.29) is 30.2 Å². The molecule has 3 rings (SSSR count). The molecule has 1 aliphatic heterocycles. The number of amides is 2. The second-order valence-corrected chi connectivity index (χ2v) is 7.88. The lowest BCUT2D eigenvalue weighted by molar-refractivity contribution is -0.127. The number of benzene rings is 1. The van der Waals surface area contributed by atoms with Crippen molar-refractivity contribution in [2.24, 2.45) is 17.6 Å². The Morgan fingerprint density at radius 2 is 2.00 bits per heavy atom. The van der Waals surface area contributed by atoms with Crippen LogP contribution in [0.15, 0.2) is 29.2 Å². The average molecular weight is 362 g/mol. The van der Waals surface area contributed by atoms with Crippen LogP contribution in [0.5, 0.6) is 0 Å². The second kappa shape index (κ2) is 8.23. The molecule has 1 heterocycles. The first-order valence-corrected chi connectivity index (χ1v) is 10.3. The van der Waals surface area contributed by atoms with E-state index in [1.807, 2.05) is 30.5 Å². The Kier molecular flexibility index (Phi) is 6.02. The molecule has 1 saturated heterocycles. The Bertz CT molecular complexity index is 620. The van der Waals surface area contributed by atoms with E-state index in [4.69, 9.17) is 5.73 Å². The van der Waals surface area contributed by atoms with Gasteiger partial charge in [0.15, 0.2) is 0 Å². The van der Waals surface area contributed by atoms with Gasteiger partial charge in [0.05, 0.1) is 5.92 Å². The molecule has 2 aliphatic rings. The number of thioether (sulfide) groups is 1. The summed E-state index contributed by atoms with van der Waals surface area (Å²) in [7, 11) is 0. The van der Waals surface area contributed by atoms with Gasteiger partial charge in [0, 0.05) is 29.6 Å². The van der Waals surface area contributed by atoms with Crippen molar-refractivity contribution in [3.05, 3.63) is 24.3 Å². The van der Waals surface area contributed by atoms with Gasteiger partial charge in [-0.3, -0.25) is 9.59 Å². The molecule has 3 unspecified atom stereocenters. The van der Waals surface area contributed by atoms with Crippen LogP contribution in [-0.4, -0.2) is 37.2 Å². The third-order valence-corrected chi connectivity index (χ3v) is 6.16. The Labute approximate surface area is 153 Å². The van der Waals surface area contributed by atoms with E-state index in [1.54, 1.807) is 16.7 Å². The number of hydrogen-bond donors (Lipinski definition) is 2. The molecule has 0 spiro atoms. The van der Waals surface area contributed by atoms with Gasteiger partial charge >= 0.3 is 0 Å². The SMILES string of the molecule is CSc1ccc(N2CC(C(=O)NC3CCCCC3CN)CC2=O)cc1. The normalized spacial score (nSPS) is 26.7. The van der Waals surface area contributed by atoms with Crippen LogP contribution in [-0.2, 0) is 9.59 Å². The van der Waals surface area contributed by atoms with E-state index in [0.717, 1.165) is 29.8 Å². The van der Waals surface area contributed by atoms with Crippen LogP contribution >= 0.6 is 11.8 Å². The fraction of sp³-hybridized carbons (Fsp3) is 0.579. The van der Waals surface area contributed by atoms with Gasteiger partial charge in [-0.05, 0) is 55.8 Å². The highest BCUT2D eigenvalue weighted by Gasteiger charge is 2.36. The third-order valence-electron chi connectivity index (χ3n) is 5.42. The summed E-state index contributed by atoms with van der Waals surface area (Å²) in [4.78, 5) is 27.9. The van der Waals surface area contributed by atoms with Gasteiger partial charge in [-0.25, -0.2) is 0 Å². The molecule has 1 aromatic rings. The fourth-order valence-corrected chi connectivity index (χ4v) is 4.28. The summed E-state index contributed by atoms with van der Waals surface area (Å²) in [6.45, 7) is 1.08. The Balaban J connectivity index is 1.62. The first kappa shape index (κ1) is 18.3. The lowest BCUT2D eigenvalue weighted by Crippen LogP contribution is -2.47. The smallest absolute Gasteiger partial charge is 0.227 e. The predicted molar refractivity (Wildman–Crippen MR) is 102 cm³/mol. The maximum Gasteiger partial charge on any atom is 0.227 e. The molecule has 0 bridgehead atoms. The monoisotopic (exact) mass is 361 g/mol. The lowest BCUT2D eigenvalue weighted by atomic mass is 9.84. The zero-order valence-corrected chi connectivity index (χ0v) is 15.6. The van der Waals surface area contributed by atoms with Crippen molar-refractivity contribution in [1.82, 2.24) is 5.32 Å². The van der Waals surface area contributed by atoms with Gasteiger partial charge in [-0.15, -0.1) is 11.8 Å². The van der Waals surface area contributed by atoms with Gasteiger partial charge in [0.1, 0.15) is 0 Å².